The summed E-state index contributed by atoms with van der Waals surface area (Å²) in [7, 11) is -1.83. The topological polar surface area (TPSA) is 47.3 Å². The van der Waals surface area contributed by atoms with Gasteiger partial charge in [-0.05, 0) is 24.3 Å². The Bertz CT molecular complexity index is 1030. The Morgan fingerprint density at radius 1 is 1.04 bits per heavy atom. The molecule has 3 aromatic heterocycles. The quantitative estimate of drug-likeness (QED) is 0.598. The number of fused-ring (bicyclic) bond motifs is 1. The van der Waals surface area contributed by atoms with Crippen molar-refractivity contribution in [2.75, 3.05) is 5.75 Å². The number of nitrogens with zero attached hydrogens (tertiary/aromatic N) is 3. The fourth-order valence-corrected chi connectivity index (χ4v) is 3.28. The van der Waals surface area contributed by atoms with Crippen molar-refractivity contribution in [1.82, 2.24) is 14.4 Å². The Balaban J connectivity index is 2.16. The summed E-state index contributed by atoms with van der Waals surface area (Å²) in [5, 5.41) is -0.313. The Morgan fingerprint density at radius 2 is 1.74 bits per heavy atom. The predicted octanol–water partition coefficient (Wildman–Crippen LogP) is 4.56. The molecule has 0 aliphatic carbocycles. The minimum absolute atomic E-state index is 0.0207. The van der Waals surface area contributed by atoms with Crippen molar-refractivity contribution in [3.8, 4) is 11.3 Å². The first-order chi connectivity index (χ1) is 12.5. The van der Waals surface area contributed by atoms with Crippen molar-refractivity contribution in [2.24, 2.45) is 0 Å². The van der Waals surface area contributed by atoms with Crippen LogP contribution in [-0.4, -0.2) is 24.3 Å². The normalized spacial score (nSPS) is 13.9. The average Bonchev–Trinajstić information content (AvgIpc) is 3.02. The Morgan fingerprint density at radius 3 is 2.33 bits per heavy atom. The van der Waals surface area contributed by atoms with Gasteiger partial charge in [-0.15, -0.1) is 0 Å². The second-order valence-corrected chi connectivity index (χ2v) is 7.14. The number of halogens is 6. The highest BCUT2D eigenvalue weighted by Gasteiger charge is 2.34. The van der Waals surface area contributed by atoms with Gasteiger partial charge in [-0.1, -0.05) is 6.92 Å². The molecular formula is C16H11F6N3OS. The molecule has 1 atom stereocenters. The van der Waals surface area contributed by atoms with E-state index in [0.717, 1.165) is 30.5 Å². The summed E-state index contributed by atoms with van der Waals surface area (Å²) in [6.07, 6.45) is -6.79. The van der Waals surface area contributed by atoms with Gasteiger partial charge >= 0.3 is 12.4 Å². The summed E-state index contributed by atoms with van der Waals surface area (Å²) in [4.78, 5) is 7.50. The van der Waals surface area contributed by atoms with Crippen LogP contribution < -0.4 is 0 Å². The standard InChI is InChI=1S/C16H11F6N3OS/c1-2-27(26)14-10(3-4-12(24-14)16(20,21)22)11-8-25-6-5-9(15(17,18)19)7-13(25)23-11/h3-8H,2H2,1H3. The third-order valence-corrected chi connectivity index (χ3v) is 4.96. The van der Waals surface area contributed by atoms with Gasteiger partial charge in [-0.25, -0.2) is 9.97 Å². The molecule has 0 N–H and O–H groups in total. The van der Waals surface area contributed by atoms with Crippen LogP contribution in [-0.2, 0) is 23.2 Å². The summed E-state index contributed by atoms with van der Waals surface area (Å²) in [5.74, 6) is 0.0207. The fourth-order valence-electron chi connectivity index (χ4n) is 2.39. The molecule has 1 unspecified atom stereocenters. The van der Waals surface area contributed by atoms with Gasteiger partial charge in [-0.3, -0.25) is 4.21 Å². The first-order valence-electron chi connectivity index (χ1n) is 7.53. The molecule has 3 aromatic rings. The summed E-state index contributed by atoms with van der Waals surface area (Å²) >= 11 is 0. The molecule has 0 saturated carbocycles. The molecule has 3 rings (SSSR count). The summed E-state index contributed by atoms with van der Waals surface area (Å²) in [6, 6.07) is 3.47. The van der Waals surface area contributed by atoms with E-state index in [4.69, 9.17) is 0 Å². The molecule has 0 spiro atoms. The lowest BCUT2D eigenvalue weighted by atomic mass is 10.2. The largest absolute Gasteiger partial charge is 0.433 e. The number of aromatic nitrogens is 3. The number of hydrogen-bond donors (Lipinski definition) is 0. The molecule has 0 amide bonds. The maximum absolute atomic E-state index is 12.9. The first-order valence-corrected chi connectivity index (χ1v) is 8.85. The molecule has 4 nitrogen and oxygen atoms in total. The van der Waals surface area contributed by atoms with Gasteiger partial charge in [0.05, 0.1) is 22.1 Å². The predicted molar refractivity (Wildman–Crippen MR) is 85.4 cm³/mol. The Labute approximate surface area is 151 Å². The molecule has 0 aliphatic heterocycles. The van der Waals surface area contributed by atoms with Crippen molar-refractivity contribution >= 4 is 16.4 Å². The Hall–Kier alpha value is -2.43. The molecule has 0 saturated heterocycles. The third-order valence-electron chi connectivity index (χ3n) is 3.69. The third kappa shape index (κ3) is 3.82. The van der Waals surface area contributed by atoms with Gasteiger partial charge in [-0.2, -0.15) is 26.3 Å². The van der Waals surface area contributed by atoms with Crippen molar-refractivity contribution < 1.29 is 30.6 Å². The maximum Gasteiger partial charge on any atom is 0.433 e. The van der Waals surface area contributed by atoms with E-state index in [9.17, 15) is 30.6 Å². The summed E-state index contributed by atoms with van der Waals surface area (Å²) in [6.45, 7) is 1.51. The molecule has 27 heavy (non-hydrogen) atoms. The molecule has 0 radical (unpaired) electrons. The van der Waals surface area contributed by atoms with Gasteiger partial charge in [0.1, 0.15) is 16.4 Å². The van der Waals surface area contributed by atoms with Gasteiger partial charge in [0.25, 0.3) is 0 Å². The number of alkyl halides is 6. The van der Waals surface area contributed by atoms with E-state index in [1.54, 1.807) is 0 Å². The van der Waals surface area contributed by atoms with E-state index in [0.29, 0.717) is 0 Å². The number of pyridine rings is 2. The SMILES string of the molecule is CCS(=O)c1nc(C(F)(F)F)ccc1-c1cn2ccc(C(F)(F)F)cc2n1. The second-order valence-electron chi connectivity index (χ2n) is 5.49. The highest BCUT2D eigenvalue weighted by Crippen LogP contribution is 2.33. The van der Waals surface area contributed by atoms with Crippen LogP contribution in [0.3, 0.4) is 0 Å². The molecule has 0 fully saturated rings. The van der Waals surface area contributed by atoms with Gasteiger partial charge in [0.15, 0.2) is 0 Å². The molecule has 3 heterocycles. The van der Waals surface area contributed by atoms with Crippen molar-refractivity contribution in [2.45, 2.75) is 24.3 Å². The maximum atomic E-state index is 12.9. The van der Waals surface area contributed by atoms with E-state index >= 15 is 0 Å². The summed E-state index contributed by atoms with van der Waals surface area (Å²) in [5.41, 5.74) is -2.01. The zero-order chi connectivity index (χ0) is 20.0. The monoisotopic (exact) mass is 407 g/mol. The van der Waals surface area contributed by atoms with Crippen molar-refractivity contribution in [3.05, 3.63) is 47.9 Å². The summed E-state index contributed by atoms with van der Waals surface area (Å²) < 4.78 is 90.7. The van der Waals surface area contributed by atoms with Gasteiger partial charge < -0.3 is 4.40 Å². The lowest BCUT2D eigenvalue weighted by Gasteiger charge is -2.10. The van der Waals surface area contributed by atoms with Gasteiger partial charge in [0, 0.05) is 23.7 Å². The van der Waals surface area contributed by atoms with Crippen LogP contribution in [0.5, 0.6) is 0 Å². The van der Waals surface area contributed by atoms with Crippen LogP contribution in [0.25, 0.3) is 16.9 Å². The van der Waals surface area contributed by atoms with Crippen LogP contribution in [0.4, 0.5) is 26.3 Å². The molecule has 144 valence electrons. The van der Waals surface area contributed by atoms with Crippen LogP contribution in [0, 0.1) is 0 Å². The van der Waals surface area contributed by atoms with Gasteiger partial charge in [0.2, 0.25) is 0 Å². The molecule has 0 bridgehead atoms. The zero-order valence-corrected chi connectivity index (χ0v) is 14.4. The zero-order valence-electron chi connectivity index (χ0n) is 13.6. The highest BCUT2D eigenvalue weighted by molar-refractivity contribution is 7.85. The lowest BCUT2D eigenvalue weighted by molar-refractivity contribution is -0.141. The fraction of sp³-hybridized carbons (Fsp3) is 0.250. The van der Waals surface area contributed by atoms with E-state index < -0.39 is 34.4 Å². The average molecular weight is 407 g/mol. The number of imidazole rings is 1. The second kappa shape index (κ2) is 6.63. The lowest BCUT2D eigenvalue weighted by Crippen LogP contribution is -2.11. The minimum Gasteiger partial charge on any atom is -0.306 e. The molecule has 11 heteroatoms. The molecule has 0 aliphatic rings. The van der Waals surface area contributed by atoms with Crippen LogP contribution in [0.1, 0.15) is 18.2 Å². The number of hydrogen-bond acceptors (Lipinski definition) is 3. The van der Waals surface area contributed by atoms with E-state index in [-0.39, 0.29) is 27.7 Å². The van der Waals surface area contributed by atoms with Crippen LogP contribution in [0.15, 0.2) is 41.7 Å². The smallest absolute Gasteiger partial charge is 0.306 e. The van der Waals surface area contributed by atoms with E-state index in [2.05, 4.69) is 9.97 Å². The Kier molecular flexibility index (Phi) is 4.74. The highest BCUT2D eigenvalue weighted by atomic mass is 32.2. The molecular weight excluding hydrogens is 396 g/mol. The van der Waals surface area contributed by atoms with Crippen molar-refractivity contribution in [1.29, 1.82) is 0 Å². The van der Waals surface area contributed by atoms with Crippen LogP contribution in [0.2, 0.25) is 0 Å². The number of rotatable bonds is 3. The van der Waals surface area contributed by atoms with E-state index in [1.807, 2.05) is 0 Å². The van der Waals surface area contributed by atoms with Crippen molar-refractivity contribution in [3.63, 3.8) is 0 Å². The molecule has 0 aromatic carbocycles. The first kappa shape index (κ1) is 19.3. The van der Waals surface area contributed by atoms with E-state index in [1.165, 1.54) is 17.5 Å². The minimum atomic E-state index is -4.72. The van der Waals surface area contributed by atoms with Crippen LogP contribution >= 0.6 is 0 Å².